The van der Waals surface area contributed by atoms with Crippen LogP contribution in [0.2, 0.25) is 0 Å². The molecule has 1 fully saturated rings. The van der Waals surface area contributed by atoms with E-state index in [-0.39, 0.29) is 6.54 Å². The molecule has 1 amide bonds. The molecule has 0 saturated heterocycles. The van der Waals surface area contributed by atoms with E-state index in [1.165, 1.54) is 0 Å². The Kier molecular flexibility index (Phi) is 3.61. The van der Waals surface area contributed by atoms with E-state index in [9.17, 15) is 23.1 Å². The van der Waals surface area contributed by atoms with E-state index in [1.807, 2.05) is 0 Å². The maximum absolute atomic E-state index is 11.9. The fourth-order valence-corrected chi connectivity index (χ4v) is 4.08. The van der Waals surface area contributed by atoms with Gasteiger partial charge in [0.25, 0.3) is 15.9 Å². The van der Waals surface area contributed by atoms with Crippen LogP contribution in [-0.4, -0.2) is 36.3 Å². The van der Waals surface area contributed by atoms with Gasteiger partial charge in [-0.05, 0) is 12.8 Å². The summed E-state index contributed by atoms with van der Waals surface area (Å²) in [7, 11) is -4.04. The van der Waals surface area contributed by atoms with Gasteiger partial charge in [-0.3, -0.25) is 9.59 Å². The van der Waals surface area contributed by atoms with Crippen LogP contribution in [0.25, 0.3) is 0 Å². The molecule has 2 rings (SSSR count). The zero-order chi connectivity index (χ0) is 14.3. The fourth-order valence-electron chi connectivity index (χ4n) is 2.57. The number of carboxylic acid groups (broad SMARTS) is 1. The SMILES string of the molecule is O=C1C=C(Cl)S(=O)(=O)N1CC1(C(=O)O)CCCCC1. The van der Waals surface area contributed by atoms with Crippen molar-refractivity contribution in [2.24, 2.45) is 5.41 Å². The predicted octanol–water partition coefficient (Wildman–Crippen LogP) is 1.27. The van der Waals surface area contributed by atoms with Crippen LogP contribution >= 0.6 is 11.6 Å². The zero-order valence-corrected chi connectivity index (χ0v) is 11.7. The minimum atomic E-state index is -4.04. The topological polar surface area (TPSA) is 91.8 Å². The van der Waals surface area contributed by atoms with Gasteiger partial charge in [0, 0.05) is 6.08 Å². The highest BCUT2D eigenvalue weighted by molar-refractivity contribution is 7.95. The van der Waals surface area contributed by atoms with Gasteiger partial charge in [-0.1, -0.05) is 30.9 Å². The molecule has 0 bridgehead atoms. The molecule has 8 heteroatoms. The van der Waals surface area contributed by atoms with E-state index in [2.05, 4.69) is 0 Å². The first-order chi connectivity index (χ1) is 8.79. The third-order valence-electron chi connectivity index (χ3n) is 3.73. The van der Waals surface area contributed by atoms with Gasteiger partial charge in [0.2, 0.25) is 0 Å². The van der Waals surface area contributed by atoms with Crippen molar-refractivity contribution in [1.82, 2.24) is 4.31 Å². The van der Waals surface area contributed by atoms with Crippen molar-refractivity contribution >= 4 is 33.5 Å². The second kappa shape index (κ2) is 4.79. The third kappa shape index (κ3) is 2.36. The van der Waals surface area contributed by atoms with E-state index in [4.69, 9.17) is 11.6 Å². The molecule has 2 aliphatic rings. The van der Waals surface area contributed by atoms with Crippen LogP contribution in [0.4, 0.5) is 0 Å². The summed E-state index contributed by atoms with van der Waals surface area (Å²) in [4.78, 5) is 23.1. The van der Waals surface area contributed by atoms with Crippen LogP contribution in [0.1, 0.15) is 32.1 Å². The number of carboxylic acids is 1. The molecule has 0 aromatic rings. The van der Waals surface area contributed by atoms with Crippen molar-refractivity contribution in [2.45, 2.75) is 32.1 Å². The summed E-state index contributed by atoms with van der Waals surface area (Å²) in [5.41, 5.74) is -1.18. The lowest BCUT2D eigenvalue weighted by atomic mass is 9.74. The Balaban J connectivity index is 2.29. The number of amides is 1. The lowest BCUT2D eigenvalue weighted by molar-refractivity contribution is -0.152. The Hall–Kier alpha value is -1.08. The quantitative estimate of drug-likeness (QED) is 0.848. The summed E-state index contributed by atoms with van der Waals surface area (Å²) >= 11 is 5.50. The molecule has 1 N–H and O–H groups in total. The third-order valence-corrected chi connectivity index (χ3v) is 5.92. The number of carbonyl (C=O) groups excluding carboxylic acids is 1. The van der Waals surface area contributed by atoms with Gasteiger partial charge in [-0.15, -0.1) is 0 Å². The molecule has 19 heavy (non-hydrogen) atoms. The molecule has 1 aliphatic heterocycles. The minimum absolute atomic E-state index is 0.337. The van der Waals surface area contributed by atoms with Crippen molar-refractivity contribution in [2.75, 3.05) is 6.54 Å². The average Bonchev–Trinajstić information content (AvgIpc) is 2.53. The highest BCUT2D eigenvalue weighted by atomic mass is 35.5. The molecule has 0 radical (unpaired) electrons. The lowest BCUT2D eigenvalue weighted by Crippen LogP contribution is -2.46. The van der Waals surface area contributed by atoms with Gasteiger partial charge in [0.1, 0.15) is 0 Å². The average molecular weight is 308 g/mol. The largest absolute Gasteiger partial charge is 0.481 e. The van der Waals surface area contributed by atoms with E-state index >= 15 is 0 Å². The minimum Gasteiger partial charge on any atom is -0.481 e. The maximum atomic E-state index is 11.9. The second-order valence-electron chi connectivity index (χ2n) is 4.94. The van der Waals surface area contributed by atoms with Crippen molar-refractivity contribution in [3.63, 3.8) is 0 Å². The number of sulfonamides is 1. The van der Waals surface area contributed by atoms with Crippen LogP contribution in [0.3, 0.4) is 0 Å². The second-order valence-corrected chi connectivity index (χ2v) is 7.41. The highest BCUT2D eigenvalue weighted by Gasteiger charge is 2.47. The van der Waals surface area contributed by atoms with Gasteiger partial charge in [0.15, 0.2) is 4.36 Å². The van der Waals surface area contributed by atoms with Gasteiger partial charge in [-0.2, -0.15) is 8.42 Å². The highest BCUT2D eigenvalue weighted by Crippen LogP contribution is 2.39. The Morgan fingerprint density at radius 1 is 1.37 bits per heavy atom. The number of aliphatic carboxylic acids is 1. The molecule has 0 aromatic heterocycles. The molecule has 1 aliphatic carbocycles. The smallest absolute Gasteiger partial charge is 0.311 e. The molecule has 0 unspecified atom stereocenters. The standard InChI is InChI=1S/C11H14ClNO5S/c12-8-6-9(14)13(19(8,17)18)7-11(10(15)16)4-2-1-3-5-11/h6H,1-5,7H2,(H,15,16). The lowest BCUT2D eigenvalue weighted by Gasteiger charge is -2.35. The number of hydrogen-bond acceptors (Lipinski definition) is 4. The summed E-state index contributed by atoms with van der Waals surface area (Å²) in [6.45, 7) is -0.337. The Morgan fingerprint density at radius 3 is 2.37 bits per heavy atom. The van der Waals surface area contributed by atoms with E-state index in [1.54, 1.807) is 0 Å². The Labute approximate surface area is 116 Å². The summed E-state index contributed by atoms with van der Waals surface area (Å²) in [6.07, 6.45) is 3.92. The van der Waals surface area contributed by atoms with Gasteiger partial charge < -0.3 is 5.11 Å². The van der Waals surface area contributed by atoms with E-state index < -0.39 is 31.7 Å². The van der Waals surface area contributed by atoms with Gasteiger partial charge in [-0.25, -0.2) is 4.31 Å². The van der Waals surface area contributed by atoms with Crippen LogP contribution in [0.15, 0.2) is 10.4 Å². The molecular formula is C11H14ClNO5S. The first-order valence-electron chi connectivity index (χ1n) is 5.97. The summed E-state index contributed by atoms with van der Waals surface area (Å²) in [5, 5.41) is 9.39. The monoisotopic (exact) mass is 307 g/mol. The van der Waals surface area contributed by atoms with Crippen LogP contribution in [-0.2, 0) is 19.6 Å². The van der Waals surface area contributed by atoms with Crippen molar-refractivity contribution < 1.29 is 23.1 Å². The number of hydrogen-bond donors (Lipinski definition) is 1. The van der Waals surface area contributed by atoms with Crippen molar-refractivity contribution in [1.29, 1.82) is 0 Å². The summed E-state index contributed by atoms with van der Waals surface area (Å²) < 4.78 is 23.7. The molecule has 0 aromatic carbocycles. The van der Waals surface area contributed by atoms with E-state index in [0.29, 0.717) is 17.1 Å². The van der Waals surface area contributed by atoms with Gasteiger partial charge in [0.05, 0.1) is 12.0 Å². The first-order valence-corrected chi connectivity index (χ1v) is 7.79. The molecule has 1 heterocycles. The predicted molar refractivity (Wildman–Crippen MR) is 67.7 cm³/mol. The molecule has 6 nitrogen and oxygen atoms in total. The fraction of sp³-hybridized carbons (Fsp3) is 0.636. The Morgan fingerprint density at radius 2 is 1.95 bits per heavy atom. The number of nitrogens with zero attached hydrogens (tertiary/aromatic N) is 1. The first kappa shape index (κ1) is 14.3. The van der Waals surface area contributed by atoms with Gasteiger partial charge >= 0.3 is 5.97 Å². The van der Waals surface area contributed by atoms with Crippen LogP contribution < -0.4 is 0 Å². The number of halogens is 1. The normalized spacial score (nSPS) is 25.2. The summed E-state index contributed by atoms with van der Waals surface area (Å²) in [5.74, 6) is -1.82. The number of rotatable bonds is 3. The molecule has 0 spiro atoms. The number of carbonyl (C=O) groups is 2. The van der Waals surface area contributed by atoms with Crippen LogP contribution in [0.5, 0.6) is 0 Å². The van der Waals surface area contributed by atoms with Crippen LogP contribution in [0, 0.1) is 5.41 Å². The molecule has 0 atom stereocenters. The van der Waals surface area contributed by atoms with E-state index in [0.717, 1.165) is 25.3 Å². The zero-order valence-electron chi connectivity index (χ0n) is 10.1. The van der Waals surface area contributed by atoms with Crippen molar-refractivity contribution in [3.05, 3.63) is 10.4 Å². The molecule has 106 valence electrons. The molecular weight excluding hydrogens is 294 g/mol. The maximum Gasteiger partial charge on any atom is 0.311 e. The Bertz CT molecular complexity index is 547. The summed E-state index contributed by atoms with van der Waals surface area (Å²) in [6, 6.07) is 0. The molecule has 1 saturated carbocycles. The van der Waals surface area contributed by atoms with Crippen molar-refractivity contribution in [3.8, 4) is 0 Å².